The second-order valence-electron chi connectivity index (χ2n) is 6.33. The van der Waals surface area contributed by atoms with E-state index < -0.39 is 0 Å². The van der Waals surface area contributed by atoms with E-state index in [4.69, 9.17) is 9.73 Å². The van der Waals surface area contributed by atoms with Gasteiger partial charge in [-0.2, -0.15) is 5.10 Å². The van der Waals surface area contributed by atoms with Gasteiger partial charge in [-0.25, -0.2) is 9.98 Å². The Kier molecular flexibility index (Phi) is 10.0. The lowest BCUT2D eigenvalue weighted by atomic mass is 10.2. The third-order valence-electron chi connectivity index (χ3n) is 4.35. The van der Waals surface area contributed by atoms with E-state index in [9.17, 15) is 0 Å². The number of aromatic nitrogens is 3. The van der Waals surface area contributed by atoms with Crippen molar-refractivity contribution in [3.05, 3.63) is 42.4 Å². The van der Waals surface area contributed by atoms with Crippen LogP contribution < -0.4 is 15.5 Å². The molecule has 1 aliphatic rings. The predicted molar refractivity (Wildman–Crippen MR) is 122 cm³/mol. The number of halogens is 1. The maximum atomic E-state index is 5.45. The lowest BCUT2D eigenvalue weighted by Crippen LogP contribution is -2.38. The Morgan fingerprint density at radius 1 is 1.21 bits per heavy atom. The maximum absolute atomic E-state index is 5.45. The maximum Gasteiger partial charge on any atom is 0.191 e. The molecule has 0 radical (unpaired) electrons. The molecule has 2 aromatic heterocycles. The zero-order chi connectivity index (χ0) is 18.7. The zero-order valence-corrected chi connectivity index (χ0v) is 18.7. The van der Waals surface area contributed by atoms with Crippen molar-refractivity contribution in [1.82, 2.24) is 25.4 Å². The lowest BCUT2D eigenvalue weighted by molar-refractivity contribution is 0.122. The second-order valence-corrected chi connectivity index (χ2v) is 6.33. The van der Waals surface area contributed by atoms with Gasteiger partial charge in [0.25, 0.3) is 0 Å². The summed E-state index contributed by atoms with van der Waals surface area (Å²) >= 11 is 0. The Labute approximate surface area is 183 Å². The van der Waals surface area contributed by atoms with Crippen LogP contribution in [0.3, 0.4) is 0 Å². The number of aliphatic imine (C=N–C) groups is 1. The van der Waals surface area contributed by atoms with Crippen LogP contribution in [0.25, 0.3) is 0 Å². The molecule has 0 bridgehead atoms. The first-order valence-electron chi connectivity index (χ1n) is 9.63. The molecule has 28 heavy (non-hydrogen) atoms. The molecule has 3 heterocycles. The van der Waals surface area contributed by atoms with Crippen molar-refractivity contribution in [2.75, 3.05) is 44.3 Å². The molecule has 8 nitrogen and oxygen atoms in total. The molecule has 0 atom stereocenters. The van der Waals surface area contributed by atoms with E-state index in [1.54, 1.807) is 6.20 Å². The van der Waals surface area contributed by atoms with Crippen molar-refractivity contribution in [3.63, 3.8) is 0 Å². The number of guanidine groups is 1. The van der Waals surface area contributed by atoms with Crippen LogP contribution >= 0.6 is 24.0 Å². The van der Waals surface area contributed by atoms with Crippen molar-refractivity contribution in [2.24, 2.45) is 4.99 Å². The number of hydrogen-bond donors (Lipinski definition) is 2. The number of morpholine rings is 1. The van der Waals surface area contributed by atoms with E-state index in [2.05, 4.69) is 38.6 Å². The molecule has 1 fully saturated rings. The van der Waals surface area contributed by atoms with E-state index in [-0.39, 0.29) is 24.0 Å². The summed E-state index contributed by atoms with van der Waals surface area (Å²) in [5.74, 6) is 1.84. The Hall–Kier alpha value is -1.88. The van der Waals surface area contributed by atoms with Gasteiger partial charge in [0.1, 0.15) is 5.82 Å². The second kappa shape index (κ2) is 12.6. The third kappa shape index (κ3) is 6.93. The summed E-state index contributed by atoms with van der Waals surface area (Å²) in [7, 11) is 0. The van der Waals surface area contributed by atoms with Gasteiger partial charge >= 0.3 is 0 Å². The first-order chi connectivity index (χ1) is 13.4. The monoisotopic (exact) mass is 499 g/mol. The minimum atomic E-state index is 0. The van der Waals surface area contributed by atoms with E-state index in [1.165, 1.54) is 0 Å². The molecule has 0 aromatic carbocycles. The van der Waals surface area contributed by atoms with Crippen molar-refractivity contribution < 1.29 is 4.74 Å². The third-order valence-corrected chi connectivity index (χ3v) is 4.35. The molecular formula is C19H30IN7O. The van der Waals surface area contributed by atoms with Gasteiger partial charge in [0.2, 0.25) is 0 Å². The summed E-state index contributed by atoms with van der Waals surface area (Å²) < 4.78 is 7.39. The fraction of sp³-hybridized carbons (Fsp3) is 0.526. The average Bonchev–Trinajstić information content (AvgIpc) is 3.24. The molecule has 1 saturated heterocycles. The smallest absolute Gasteiger partial charge is 0.191 e. The van der Waals surface area contributed by atoms with Gasteiger partial charge < -0.3 is 20.3 Å². The minimum Gasteiger partial charge on any atom is -0.378 e. The number of anilines is 1. The van der Waals surface area contributed by atoms with Gasteiger partial charge in [-0.3, -0.25) is 4.68 Å². The van der Waals surface area contributed by atoms with Crippen molar-refractivity contribution in [3.8, 4) is 0 Å². The number of hydrogen-bond acceptors (Lipinski definition) is 5. The number of pyridine rings is 1. The highest BCUT2D eigenvalue weighted by Gasteiger charge is 2.15. The van der Waals surface area contributed by atoms with Crippen LogP contribution in [0.1, 0.15) is 18.9 Å². The molecule has 0 saturated carbocycles. The Morgan fingerprint density at radius 3 is 2.82 bits per heavy atom. The van der Waals surface area contributed by atoms with Gasteiger partial charge in [-0.15, -0.1) is 24.0 Å². The van der Waals surface area contributed by atoms with Crippen molar-refractivity contribution >= 4 is 35.8 Å². The molecule has 2 aromatic rings. The first-order valence-corrected chi connectivity index (χ1v) is 9.63. The van der Waals surface area contributed by atoms with Crippen LogP contribution in [0.15, 0.2) is 41.8 Å². The number of ether oxygens (including phenoxy) is 1. The Morgan fingerprint density at radius 2 is 2.07 bits per heavy atom. The van der Waals surface area contributed by atoms with Crippen LogP contribution in [0, 0.1) is 0 Å². The number of rotatable bonds is 8. The highest BCUT2D eigenvalue weighted by Crippen LogP contribution is 2.19. The van der Waals surface area contributed by atoms with E-state index in [0.717, 1.165) is 69.7 Å². The fourth-order valence-electron chi connectivity index (χ4n) is 3.00. The molecule has 0 aliphatic carbocycles. The SMILES string of the molecule is CCNC(=NCc1cccnc1N1CCOCC1)NCCCn1cccn1.I. The van der Waals surface area contributed by atoms with E-state index in [0.29, 0.717) is 6.54 Å². The fourth-order valence-corrected chi connectivity index (χ4v) is 3.00. The van der Waals surface area contributed by atoms with Gasteiger partial charge in [0.05, 0.1) is 19.8 Å². The number of nitrogens with one attached hydrogen (secondary N) is 2. The van der Waals surface area contributed by atoms with Crippen LogP contribution in [0.5, 0.6) is 0 Å². The molecule has 0 amide bonds. The van der Waals surface area contributed by atoms with Crippen LogP contribution in [0.2, 0.25) is 0 Å². The summed E-state index contributed by atoms with van der Waals surface area (Å²) in [6.07, 6.45) is 6.61. The van der Waals surface area contributed by atoms with Gasteiger partial charge in [-0.1, -0.05) is 6.07 Å². The summed E-state index contributed by atoms with van der Waals surface area (Å²) in [5, 5.41) is 10.9. The molecule has 9 heteroatoms. The average molecular weight is 499 g/mol. The molecule has 0 unspecified atom stereocenters. The van der Waals surface area contributed by atoms with Crippen LogP contribution in [-0.4, -0.2) is 60.1 Å². The molecule has 154 valence electrons. The Bertz CT molecular complexity index is 702. The van der Waals surface area contributed by atoms with Gasteiger partial charge in [0, 0.05) is 56.9 Å². The highest BCUT2D eigenvalue weighted by atomic mass is 127. The number of nitrogens with zero attached hydrogens (tertiary/aromatic N) is 5. The largest absolute Gasteiger partial charge is 0.378 e. The molecule has 0 spiro atoms. The molecular weight excluding hydrogens is 469 g/mol. The zero-order valence-electron chi connectivity index (χ0n) is 16.4. The molecule has 2 N–H and O–H groups in total. The van der Waals surface area contributed by atoms with Crippen LogP contribution in [-0.2, 0) is 17.8 Å². The van der Waals surface area contributed by atoms with E-state index >= 15 is 0 Å². The highest BCUT2D eigenvalue weighted by molar-refractivity contribution is 14.0. The topological polar surface area (TPSA) is 79.6 Å². The summed E-state index contributed by atoms with van der Waals surface area (Å²) in [4.78, 5) is 11.6. The van der Waals surface area contributed by atoms with Gasteiger partial charge in [0.15, 0.2) is 5.96 Å². The van der Waals surface area contributed by atoms with Crippen LogP contribution in [0.4, 0.5) is 5.82 Å². The lowest BCUT2D eigenvalue weighted by Gasteiger charge is -2.29. The summed E-state index contributed by atoms with van der Waals surface area (Å²) in [5.41, 5.74) is 1.13. The first kappa shape index (κ1) is 22.4. The standard InChI is InChI=1S/C19H29N7O.HI/c1-2-20-19(22-8-4-10-26-11-5-9-24-26)23-16-17-6-3-7-21-18(17)25-12-14-27-15-13-25;/h3,5-7,9,11H,2,4,8,10,12-16H2,1H3,(H2,20,22,23);1H. The van der Waals surface area contributed by atoms with E-state index in [1.807, 2.05) is 29.2 Å². The van der Waals surface area contributed by atoms with Gasteiger partial charge in [-0.05, 0) is 25.5 Å². The predicted octanol–water partition coefficient (Wildman–Crippen LogP) is 1.88. The van der Waals surface area contributed by atoms with Crippen molar-refractivity contribution in [1.29, 1.82) is 0 Å². The minimum absolute atomic E-state index is 0. The summed E-state index contributed by atoms with van der Waals surface area (Å²) in [6.45, 7) is 8.48. The molecule has 3 rings (SSSR count). The summed E-state index contributed by atoms with van der Waals surface area (Å²) in [6, 6.07) is 6.01. The molecule has 1 aliphatic heterocycles. The quantitative estimate of drug-likeness (QED) is 0.250. The normalized spacial score (nSPS) is 14.5. The Balaban J connectivity index is 0.00000280. The number of aryl methyl sites for hydroxylation is 1. The van der Waals surface area contributed by atoms with Crippen molar-refractivity contribution in [2.45, 2.75) is 26.4 Å².